The van der Waals surface area contributed by atoms with Gasteiger partial charge >= 0.3 is 0 Å². The van der Waals surface area contributed by atoms with Gasteiger partial charge in [-0.15, -0.1) is 0 Å². The molecule has 0 atom stereocenters. The van der Waals surface area contributed by atoms with E-state index in [9.17, 15) is 0 Å². The highest BCUT2D eigenvalue weighted by Gasteiger charge is 2.02. The minimum Gasteiger partial charge on any atom is -0.456 e. The molecule has 1 aromatic heterocycles. The number of fused-ring (bicyclic) bond motifs is 1. The first kappa shape index (κ1) is 13.6. The zero-order chi connectivity index (χ0) is 14.8. The van der Waals surface area contributed by atoms with Gasteiger partial charge in [-0.1, -0.05) is 28.1 Å². The summed E-state index contributed by atoms with van der Waals surface area (Å²) in [5.41, 5.74) is 5.80. The number of pyridine rings is 1. The largest absolute Gasteiger partial charge is 0.456 e. The zero-order valence-corrected chi connectivity index (χ0v) is 12.6. The Bertz CT molecular complexity index is 815. The fraction of sp³-hybridized carbons (Fsp3) is 0. The molecule has 104 valence electrons. The third-order valence-electron chi connectivity index (χ3n) is 3.02. The summed E-state index contributed by atoms with van der Waals surface area (Å²) in [5, 5.41) is 9.55. The van der Waals surface area contributed by atoms with Crippen molar-refractivity contribution >= 4 is 32.5 Å². The van der Waals surface area contributed by atoms with Crippen LogP contribution in [0.3, 0.4) is 0 Å². The fourth-order valence-corrected chi connectivity index (χ4v) is 2.37. The summed E-state index contributed by atoms with van der Waals surface area (Å²) >= 11 is 3.46. The van der Waals surface area contributed by atoms with Gasteiger partial charge in [-0.3, -0.25) is 5.41 Å². The van der Waals surface area contributed by atoms with Crippen LogP contribution in [0.4, 0.5) is 0 Å². The number of nitrogens with zero attached hydrogens (tertiary/aromatic N) is 1. The topological polar surface area (TPSA) is 72.0 Å². The van der Waals surface area contributed by atoms with Gasteiger partial charge in [0, 0.05) is 4.47 Å². The highest BCUT2D eigenvalue weighted by Crippen LogP contribution is 2.27. The van der Waals surface area contributed by atoms with Gasteiger partial charge in [-0.05, 0) is 47.2 Å². The maximum Gasteiger partial charge on any atom is 0.145 e. The Kier molecular flexibility index (Phi) is 3.58. The van der Waals surface area contributed by atoms with E-state index in [1.807, 2.05) is 30.3 Å². The summed E-state index contributed by atoms with van der Waals surface area (Å²) in [6.45, 7) is 0. The molecule has 21 heavy (non-hydrogen) atoms. The van der Waals surface area contributed by atoms with Crippen molar-refractivity contribution in [1.82, 2.24) is 4.98 Å². The molecular weight excluding hydrogens is 330 g/mol. The third-order valence-corrected chi connectivity index (χ3v) is 3.52. The molecule has 0 amide bonds. The van der Waals surface area contributed by atoms with Gasteiger partial charge in [-0.25, -0.2) is 4.98 Å². The van der Waals surface area contributed by atoms with E-state index in [0.29, 0.717) is 11.4 Å². The van der Waals surface area contributed by atoms with Gasteiger partial charge in [-0.2, -0.15) is 0 Å². The summed E-state index contributed by atoms with van der Waals surface area (Å²) in [7, 11) is 0. The molecule has 0 spiro atoms. The lowest BCUT2D eigenvalue weighted by atomic mass is 10.1. The highest BCUT2D eigenvalue weighted by atomic mass is 79.9. The van der Waals surface area contributed by atoms with Crippen LogP contribution in [0.1, 0.15) is 5.69 Å². The average molecular weight is 342 g/mol. The minimum absolute atomic E-state index is 0.0576. The molecule has 3 N–H and O–H groups in total. The monoisotopic (exact) mass is 341 g/mol. The maximum atomic E-state index is 7.31. The number of aromatic nitrogens is 1. The molecule has 5 heteroatoms. The molecule has 0 bridgehead atoms. The van der Waals surface area contributed by atoms with E-state index < -0.39 is 0 Å². The summed E-state index contributed by atoms with van der Waals surface area (Å²) in [4.78, 5) is 4.07. The molecule has 4 nitrogen and oxygen atoms in total. The predicted molar refractivity (Wildman–Crippen MR) is 87.0 cm³/mol. The maximum absolute atomic E-state index is 7.31. The van der Waals surface area contributed by atoms with E-state index >= 15 is 0 Å². The van der Waals surface area contributed by atoms with Crippen molar-refractivity contribution < 1.29 is 4.74 Å². The first-order valence-corrected chi connectivity index (χ1v) is 7.09. The Labute approximate surface area is 130 Å². The number of hydrogen-bond acceptors (Lipinski definition) is 3. The van der Waals surface area contributed by atoms with Crippen LogP contribution in [0.25, 0.3) is 10.8 Å². The lowest BCUT2D eigenvalue weighted by Crippen LogP contribution is -2.12. The summed E-state index contributed by atoms with van der Waals surface area (Å²) < 4.78 is 6.81. The van der Waals surface area contributed by atoms with Crippen LogP contribution in [-0.2, 0) is 0 Å². The quantitative estimate of drug-likeness (QED) is 0.557. The number of halogens is 1. The number of rotatable bonds is 3. The van der Waals surface area contributed by atoms with E-state index in [0.717, 1.165) is 21.0 Å². The molecule has 0 saturated heterocycles. The zero-order valence-electron chi connectivity index (χ0n) is 11.0. The average Bonchev–Trinajstić information content (AvgIpc) is 2.48. The second-order valence-electron chi connectivity index (χ2n) is 4.55. The fourth-order valence-electron chi connectivity index (χ4n) is 1.99. The van der Waals surface area contributed by atoms with Crippen molar-refractivity contribution in [2.45, 2.75) is 0 Å². The SMILES string of the molecule is N=C(N)c1ccc(Oc2ccc3cc(Br)ccc3c2)cn1. The van der Waals surface area contributed by atoms with Crippen LogP contribution >= 0.6 is 15.9 Å². The van der Waals surface area contributed by atoms with Crippen LogP contribution in [0, 0.1) is 5.41 Å². The molecule has 0 saturated carbocycles. The molecule has 3 aromatic rings. The van der Waals surface area contributed by atoms with Gasteiger partial charge in [0.1, 0.15) is 23.0 Å². The number of benzene rings is 2. The molecule has 1 heterocycles. The molecule has 0 aliphatic carbocycles. The first-order chi connectivity index (χ1) is 10.1. The van der Waals surface area contributed by atoms with Crippen molar-refractivity contribution in [3.63, 3.8) is 0 Å². The van der Waals surface area contributed by atoms with E-state index in [2.05, 4.69) is 27.0 Å². The number of nitrogen functional groups attached to an aromatic ring is 1. The lowest BCUT2D eigenvalue weighted by molar-refractivity contribution is 0.481. The molecule has 0 unspecified atom stereocenters. The van der Waals surface area contributed by atoms with Gasteiger partial charge in [0.05, 0.1) is 6.20 Å². The first-order valence-electron chi connectivity index (χ1n) is 6.29. The second kappa shape index (κ2) is 5.54. The minimum atomic E-state index is -0.0576. The van der Waals surface area contributed by atoms with E-state index in [1.54, 1.807) is 18.3 Å². The molecule has 0 fully saturated rings. The third kappa shape index (κ3) is 3.03. The normalized spacial score (nSPS) is 10.5. The Hall–Kier alpha value is -2.40. The predicted octanol–water partition coefficient (Wildman–Crippen LogP) is 4.07. The van der Waals surface area contributed by atoms with Gasteiger partial charge in [0.15, 0.2) is 0 Å². The Morgan fingerprint density at radius 1 is 1.00 bits per heavy atom. The number of amidine groups is 1. The van der Waals surface area contributed by atoms with Gasteiger partial charge < -0.3 is 10.5 Å². The molecule has 3 rings (SSSR count). The molecule has 0 aliphatic heterocycles. The molecule has 0 radical (unpaired) electrons. The van der Waals surface area contributed by atoms with Crippen LogP contribution in [0.5, 0.6) is 11.5 Å². The van der Waals surface area contributed by atoms with E-state index in [1.165, 1.54) is 0 Å². The Morgan fingerprint density at radius 3 is 2.43 bits per heavy atom. The van der Waals surface area contributed by atoms with E-state index in [4.69, 9.17) is 15.9 Å². The number of hydrogen-bond donors (Lipinski definition) is 2. The number of nitrogens with two attached hydrogens (primary N) is 1. The Morgan fingerprint density at radius 2 is 1.71 bits per heavy atom. The van der Waals surface area contributed by atoms with Crippen LogP contribution in [0.15, 0.2) is 59.2 Å². The second-order valence-corrected chi connectivity index (χ2v) is 5.46. The van der Waals surface area contributed by atoms with Crippen molar-refractivity contribution in [2.24, 2.45) is 5.73 Å². The summed E-state index contributed by atoms with van der Waals surface area (Å²) in [5.74, 6) is 1.29. The highest BCUT2D eigenvalue weighted by molar-refractivity contribution is 9.10. The van der Waals surface area contributed by atoms with E-state index in [-0.39, 0.29) is 5.84 Å². The number of nitrogens with one attached hydrogen (secondary N) is 1. The lowest BCUT2D eigenvalue weighted by Gasteiger charge is -2.07. The summed E-state index contributed by atoms with van der Waals surface area (Å²) in [6, 6.07) is 15.4. The molecular formula is C16H12BrN3O. The van der Waals surface area contributed by atoms with Crippen LogP contribution < -0.4 is 10.5 Å². The number of ether oxygens (including phenoxy) is 1. The van der Waals surface area contributed by atoms with Crippen LogP contribution in [0.2, 0.25) is 0 Å². The summed E-state index contributed by atoms with van der Waals surface area (Å²) in [6.07, 6.45) is 1.56. The van der Waals surface area contributed by atoms with Crippen molar-refractivity contribution in [3.05, 3.63) is 64.9 Å². The van der Waals surface area contributed by atoms with Gasteiger partial charge in [0.25, 0.3) is 0 Å². The smallest absolute Gasteiger partial charge is 0.145 e. The van der Waals surface area contributed by atoms with Crippen molar-refractivity contribution in [3.8, 4) is 11.5 Å². The van der Waals surface area contributed by atoms with Crippen molar-refractivity contribution in [1.29, 1.82) is 5.41 Å². The van der Waals surface area contributed by atoms with Crippen molar-refractivity contribution in [2.75, 3.05) is 0 Å². The molecule has 2 aromatic carbocycles. The molecule has 0 aliphatic rings. The Balaban J connectivity index is 1.87. The van der Waals surface area contributed by atoms with Gasteiger partial charge in [0.2, 0.25) is 0 Å². The van der Waals surface area contributed by atoms with Crippen LogP contribution in [-0.4, -0.2) is 10.8 Å². The standard InChI is InChI=1S/C16H12BrN3O/c17-12-3-1-11-8-13(4-2-10(11)7-12)21-14-5-6-15(16(18)19)20-9-14/h1-9H,(H3,18,19).